The van der Waals surface area contributed by atoms with Gasteiger partial charge in [0, 0.05) is 34.9 Å². The maximum atomic E-state index is 11.7. The lowest BCUT2D eigenvalue weighted by Gasteiger charge is -2.11. The molecule has 7 nitrogen and oxygen atoms in total. The molecule has 0 aliphatic rings. The highest BCUT2D eigenvalue weighted by atomic mass is 35.5. The van der Waals surface area contributed by atoms with Crippen LogP contribution in [-0.2, 0) is 16.0 Å². The number of carbonyl (C=O) groups excluding carboxylic acids is 1. The number of nitrogens with two attached hydrogens (primary N) is 1. The molecule has 8 heteroatoms. The van der Waals surface area contributed by atoms with Crippen LogP contribution in [0.25, 0.3) is 0 Å². The maximum Gasteiger partial charge on any atom is 0.310 e. The zero-order valence-corrected chi connectivity index (χ0v) is 16.7. The fourth-order valence-electron chi connectivity index (χ4n) is 2.25. The first kappa shape index (κ1) is 22.4. The van der Waals surface area contributed by atoms with Gasteiger partial charge in [0.25, 0.3) is 5.69 Å². The first-order valence-electron chi connectivity index (χ1n) is 8.38. The highest BCUT2D eigenvalue weighted by molar-refractivity contribution is 6.32. The smallest absolute Gasteiger partial charge is 0.310 e. The van der Waals surface area contributed by atoms with E-state index in [1.54, 1.807) is 19.1 Å². The van der Waals surface area contributed by atoms with E-state index in [9.17, 15) is 14.9 Å². The number of methoxy groups -OCH3 is 1. The van der Waals surface area contributed by atoms with Gasteiger partial charge in [-0.2, -0.15) is 0 Å². The van der Waals surface area contributed by atoms with Crippen molar-refractivity contribution in [3.05, 3.63) is 61.9 Å². The van der Waals surface area contributed by atoms with E-state index in [2.05, 4.69) is 4.99 Å². The molecule has 0 heterocycles. The number of non-ortho nitro benzene ring substituents is 1. The zero-order chi connectivity index (χ0) is 20.6. The van der Waals surface area contributed by atoms with E-state index in [4.69, 9.17) is 22.1 Å². The monoisotopic (exact) mass is 393 g/mol. The molecule has 0 saturated heterocycles. The molecule has 0 aliphatic heterocycles. The van der Waals surface area contributed by atoms with Crippen molar-refractivity contribution >= 4 is 29.0 Å². The molecule has 27 heavy (non-hydrogen) atoms. The minimum atomic E-state index is -0.460. The summed E-state index contributed by atoms with van der Waals surface area (Å²) in [6.45, 7) is 5.60. The molecule has 146 valence electrons. The van der Waals surface area contributed by atoms with Gasteiger partial charge in [0.15, 0.2) is 0 Å². The lowest BCUT2D eigenvalue weighted by Crippen LogP contribution is -2.10. The summed E-state index contributed by atoms with van der Waals surface area (Å²) in [4.78, 5) is 26.3. The second-order valence-corrected chi connectivity index (χ2v) is 6.39. The minimum Gasteiger partial charge on any atom is -0.469 e. The Morgan fingerprint density at radius 2 is 1.89 bits per heavy atom. The number of benzene rings is 1. The largest absolute Gasteiger partial charge is 0.469 e. The third-order valence-electron chi connectivity index (χ3n) is 3.95. The number of allylic oxidation sites excluding steroid dienone is 2. The van der Waals surface area contributed by atoms with Crippen LogP contribution in [0.4, 0.5) is 5.69 Å². The average Bonchev–Trinajstić information content (AvgIpc) is 2.64. The Kier molecular flexibility index (Phi) is 8.68. The lowest BCUT2D eigenvalue weighted by atomic mass is 10.1. The van der Waals surface area contributed by atoms with E-state index in [0.29, 0.717) is 29.2 Å². The van der Waals surface area contributed by atoms with E-state index in [1.165, 1.54) is 19.2 Å². The van der Waals surface area contributed by atoms with Crippen molar-refractivity contribution in [1.29, 1.82) is 0 Å². The van der Waals surface area contributed by atoms with Crippen molar-refractivity contribution in [2.75, 3.05) is 7.11 Å². The predicted octanol–water partition coefficient (Wildman–Crippen LogP) is 4.25. The van der Waals surface area contributed by atoms with Crippen LogP contribution in [-0.4, -0.2) is 23.7 Å². The Morgan fingerprint density at radius 1 is 1.30 bits per heavy atom. The molecule has 0 atom stereocenters. The summed E-state index contributed by atoms with van der Waals surface area (Å²) in [5.41, 5.74) is 8.99. The normalized spacial score (nSPS) is 13.6. The van der Waals surface area contributed by atoms with E-state index in [-0.39, 0.29) is 17.9 Å². The van der Waals surface area contributed by atoms with E-state index < -0.39 is 10.9 Å². The summed E-state index contributed by atoms with van der Waals surface area (Å²) in [6.07, 6.45) is 1.09. The van der Waals surface area contributed by atoms with Crippen molar-refractivity contribution in [2.45, 2.75) is 40.0 Å². The first-order valence-corrected chi connectivity index (χ1v) is 8.75. The van der Waals surface area contributed by atoms with Crippen LogP contribution >= 0.6 is 11.6 Å². The van der Waals surface area contributed by atoms with Crippen LogP contribution in [0.3, 0.4) is 0 Å². The second-order valence-electron chi connectivity index (χ2n) is 6.01. The molecule has 0 amide bonds. The molecular formula is C19H24ClN3O4. The van der Waals surface area contributed by atoms with Gasteiger partial charge in [-0.1, -0.05) is 36.2 Å². The Labute approximate surface area is 163 Å². The van der Waals surface area contributed by atoms with E-state index in [1.807, 2.05) is 13.8 Å². The molecule has 0 unspecified atom stereocenters. The third-order valence-corrected chi connectivity index (χ3v) is 4.50. The molecule has 0 aromatic heterocycles. The van der Waals surface area contributed by atoms with Crippen LogP contribution in [0.15, 0.2) is 51.3 Å². The molecule has 1 aromatic rings. The minimum absolute atomic E-state index is 0.0278. The van der Waals surface area contributed by atoms with Gasteiger partial charge < -0.3 is 10.5 Å². The summed E-state index contributed by atoms with van der Waals surface area (Å²) in [6, 6.07) is 6.21. The topological polar surface area (TPSA) is 108 Å². The molecule has 0 saturated carbocycles. The predicted molar refractivity (Wildman–Crippen MR) is 107 cm³/mol. The van der Waals surface area contributed by atoms with Gasteiger partial charge in [-0.15, -0.1) is 0 Å². The van der Waals surface area contributed by atoms with Crippen LogP contribution in [0, 0.1) is 10.1 Å². The molecule has 1 aromatic carbocycles. The van der Waals surface area contributed by atoms with Gasteiger partial charge in [0.1, 0.15) is 5.82 Å². The van der Waals surface area contributed by atoms with Gasteiger partial charge in [-0.3, -0.25) is 14.9 Å². The highest BCUT2D eigenvalue weighted by Crippen LogP contribution is 2.26. The maximum absolute atomic E-state index is 11.7. The van der Waals surface area contributed by atoms with E-state index >= 15 is 0 Å². The van der Waals surface area contributed by atoms with Gasteiger partial charge in [-0.05, 0) is 25.8 Å². The SMILES string of the molecule is CCC(C)=C(Cl)/C(CC(=O)OC)=C(N)\N=C(/C)Cc1ccc([N+](=O)[O-])cc1. The molecule has 1 rings (SSSR count). The lowest BCUT2D eigenvalue weighted by molar-refractivity contribution is -0.384. The Balaban J connectivity index is 3.15. The Morgan fingerprint density at radius 3 is 2.37 bits per heavy atom. The standard InChI is InChI=1S/C19H24ClN3O4/c1-5-12(2)18(20)16(11-17(24)27-4)19(21)22-13(3)10-14-6-8-15(9-7-14)23(25)26/h6-9H,5,10-11,21H2,1-4H3/b18-12?,19-16-,22-13+. The van der Waals surface area contributed by atoms with Crippen molar-refractivity contribution in [3.63, 3.8) is 0 Å². The molecule has 0 spiro atoms. The Hall–Kier alpha value is -2.67. The number of esters is 1. The third kappa shape index (κ3) is 6.86. The molecule has 2 N–H and O–H groups in total. The van der Waals surface area contributed by atoms with Crippen molar-refractivity contribution in [1.82, 2.24) is 0 Å². The summed E-state index contributed by atoms with van der Waals surface area (Å²) >= 11 is 6.38. The molecular weight excluding hydrogens is 370 g/mol. The van der Waals surface area contributed by atoms with Gasteiger partial charge in [0.2, 0.25) is 0 Å². The molecule has 0 radical (unpaired) electrons. The second kappa shape index (κ2) is 10.5. The van der Waals surface area contributed by atoms with Crippen LogP contribution < -0.4 is 5.73 Å². The number of nitro groups is 1. The number of hydrogen-bond donors (Lipinski definition) is 1. The average molecular weight is 394 g/mol. The highest BCUT2D eigenvalue weighted by Gasteiger charge is 2.16. The van der Waals surface area contributed by atoms with Gasteiger partial charge in [0.05, 0.1) is 18.5 Å². The number of halogens is 1. The quantitative estimate of drug-likeness (QED) is 0.233. The first-order chi connectivity index (χ1) is 12.7. The summed E-state index contributed by atoms with van der Waals surface area (Å²) < 4.78 is 4.71. The van der Waals surface area contributed by atoms with Gasteiger partial charge in [-0.25, -0.2) is 4.99 Å². The number of nitrogens with zero attached hydrogens (tertiary/aromatic N) is 2. The van der Waals surface area contributed by atoms with Crippen LogP contribution in [0.5, 0.6) is 0 Å². The molecule has 0 bridgehead atoms. The summed E-state index contributed by atoms with van der Waals surface area (Å²) in [5.74, 6) is -0.309. The molecule has 0 fully saturated rings. The van der Waals surface area contributed by atoms with Crippen LogP contribution in [0.1, 0.15) is 39.2 Å². The molecule has 0 aliphatic carbocycles. The van der Waals surface area contributed by atoms with Crippen molar-refractivity contribution in [3.8, 4) is 0 Å². The van der Waals surface area contributed by atoms with E-state index in [0.717, 1.165) is 11.1 Å². The van der Waals surface area contributed by atoms with Crippen LogP contribution in [0.2, 0.25) is 0 Å². The summed E-state index contributed by atoms with van der Waals surface area (Å²) in [7, 11) is 1.30. The number of carbonyl (C=O) groups is 1. The zero-order valence-electron chi connectivity index (χ0n) is 15.9. The fourth-order valence-corrected chi connectivity index (χ4v) is 2.55. The number of nitro benzene ring substituents is 1. The van der Waals surface area contributed by atoms with Crippen molar-refractivity contribution in [2.24, 2.45) is 10.7 Å². The number of hydrogen-bond acceptors (Lipinski definition) is 6. The fraction of sp³-hybridized carbons (Fsp3) is 0.368. The van der Waals surface area contributed by atoms with Gasteiger partial charge >= 0.3 is 5.97 Å². The summed E-state index contributed by atoms with van der Waals surface area (Å²) in [5, 5.41) is 11.1. The number of rotatable bonds is 8. The van der Waals surface area contributed by atoms with Crippen molar-refractivity contribution < 1.29 is 14.5 Å². The Bertz CT molecular complexity index is 796. The number of aliphatic imine (C=N–C) groups is 1. The number of ether oxygens (including phenoxy) is 1.